The van der Waals surface area contributed by atoms with Gasteiger partial charge in [-0.05, 0) is 6.42 Å². The Bertz CT molecular complexity index is 62.3. The normalized spacial score (nSPS) is 10.8. The molecular weight excluding hydrogens is 134 g/mol. The summed E-state index contributed by atoms with van der Waals surface area (Å²) in [5.74, 6) is 0. The zero-order chi connectivity index (χ0) is 7.82. The first-order valence-corrected chi connectivity index (χ1v) is 4.05. The fourth-order valence-electron chi connectivity index (χ4n) is 0.902. The predicted molar refractivity (Wildman–Crippen MR) is 39.4 cm³/mol. The van der Waals surface area contributed by atoms with Gasteiger partial charge in [-0.1, -0.05) is 32.6 Å². The summed E-state index contributed by atoms with van der Waals surface area (Å²) in [4.78, 5) is 0. The highest BCUT2D eigenvalue weighted by Gasteiger charge is 1.99. The summed E-state index contributed by atoms with van der Waals surface area (Å²) in [6.45, 7) is 2.12. The molecule has 0 aliphatic rings. The zero-order valence-electron chi connectivity index (χ0n) is 6.58. The molecule has 0 saturated carbocycles. The van der Waals surface area contributed by atoms with Crippen molar-refractivity contribution in [3.05, 3.63) is 0 Å². The van der Waals surface area contributed by atoms with E-state index in [1.165, 1.54) is 12.8 Å². The third-order valence-electron chi connectivity index (χ3n) is 1.53. The Hall–Kier alpha value is -0.140. The van der Waals surface area contributed by atoms with Crippen LogP contribution in [0, 0.1) is 0 Å². The van der Waals surface area contributed by atoms with Gasteiger partial charge in [-0.15, -0.1) is 0 Å². The molecule has 0 radical (unpaired) electrons. The molecule has 10 heavy (non-hydrogen) atoms. The molecule has 0 aromatic rings. The minimum Gasteiger partial charge on any atom is -0.211 e. The van der Waals surface area contributed by atoms with Gasteiger partial charge in [0.25, 0.3) is 0 Å². The quantitative estimate of drug-likeness (QED) is 0.507. The number of hydrogen-bond donors (Lipinski definition) is 0. The number of alkyl halides is 2. The van der Waals surface area contributed by atoms with Crippen LogP contribution in [0.25, 0.3) is 0 Å². The number of halogens is 2. The lowest BCUT2D eigenvalue weighted by Gasteiger charge is -1.98. The van der Waals surface area contributed by atoms with E-state index in [4.69, 9.17) is 0 Å². The van der Waals surface area contributed by atoms with Crippen molar-refractivity contribution in [3.63, 3.8) is 0 Å². The van der Waals surface area contributed by atoms with Gasteiger partial charge < -0.3 is 0 Å². The summed E-state index contributed by atoms with van der Waals surface area (Å²) >= 11 is 0. The molecule has 0 aromatic heterocycles. The van der Waals surface area contributed by atoms with E-state index < -0.39 is 6.43 Å². The smallest absolute Gasteiger partial charge is 0.211 e. The molecule has 0 aliphatic carbocycles. The fraction of sp³-hybridized carbons (Fsp3) is 1.00. The van der Waals surface area contributed by atoms with E-state index in [-0.39, 0.29) is 6.42 Å². The highest BCUT2D eigenvalue weighted by Crippen LogP contribution is 2.09. The van der Waals surface area contributed by atoms with E-state index in [2.05, 4.69) is 6.92 Å². The Balaban J connectivity index is 2.77. The van der Waals surface area contributed by atoms with Crippen molar-refractivity contribution in [2.75, 3.05) is 0 Å². The van der Waals surface area contributed by atoms with Crippen molar-refractivity contribution in [1.29, 1.82) is 0 Å². The van der Waals surface area contributed by atoms with E-state index in [0.29, 0.717) is 6.42 Å². The van der Waals surface area contributed by atoms with Crippen LogP contribution in [-0.2, 0) is 0 Å². The molecular formula is C8H16F2. The largest absolute Gasteiger partial charge is 0.238 e. The van der Waals surface area contributed by atoms with Crippen molar-refractivity contribution < 1.29 is 8.78 Å². The van der Waals surface area contributed by atoms with Crippen molar-refractivity contribution in [1.82, 2.24) is 0 Å². The average Bonchev–Trinajstić information content (AvgIpc) is 1.87. The summed E-state index contributed by atoms with van der Waals surface area (Å²) < 4.78 is 23.1. The van der Waals surface area contributed by atoms with Gasteiger partial charge in [0.05, 0.1) is 0 Å². The van der Waals surface area contributed by atoms with Crippen LogP contribution in [0.5, 0.6) is 0 Å². The lowest BCUT2D eigenvalue weighted by atomic mass is 10.1. The van der Waals surface area contributed by atoms with Crippen LogP contribution in [-0.4, -0.2) is 6.43 Å². The van der Waals surface area contributed by atoms with E-state index >= 15 is 0 Å². The molecule has 0 saturated heterocycles. The highest BCUT2D eigenvalue weighted by atomic mass is 19.3. The molecule has 62 valence electrons. The summed E-state index contributed by atoms with van der Waals surface area (Å²) in [6, 6.07) is 0. The standard InChI is InChI=1S/C8H16F2/c1-2-3-4-5-6-7-8(9)10/h8H,2-7H2,1H3. The van der Waals surface area contributed by atoms with Gasteiger partial charge in [0.1, 0.15) is 0 Å². The number of rotatable bonds is 6. The summed E-state index contributed by atoms with van der Waals surface area (Å²) in [7, 11) is 0. The molecule has 0 aliphatic heterocycles. The van der Waals surface area contributed by atoms with E-state index in [9.17, 15) is 8.78 Å². The van der Waals surface area contributed by atoms with Gasteiger partial charge in [0, 0.05) is 6.42 Å². The molecule has 0 N–H and O–H groups in total. The molecule has 0 fully saturated rings. The second-order valence-corrected chi connectivity index (χ2v) is 2.59. The van der Waals surface area contributed by atoms with E-state index in [0.717, 1.165) is 12.8 Å². The first-order valence-electron chi connectivity index (χ1n) is 4.05. The number of hydrogen-bond acceptors (Lipinski definition) is 0. The molecule has 0 amide bonds. The Morgan fingerprint density at radius 2 is 1.60 bits per heavy atom. The first kappa shape index (κ1) is 9.86. The molecule has 0 atom stereocenters. The van der Waals surface area contributed by atoms with Crippen LogP contribution in [0.3, 0.4) is 0 Å². The molecule has 0 unspecified atom stereocenters. The van der Waals surface area contributed by atoms with Crippen molar-refractivity contribution in [2.24, 2.45) is 0 Å². The lowest BCUT2D eigenvalue weighted by molar-refractivity contribution is 0.133. The third kappa shape index (κ3) is 7.86. The van der Waals surface area contributed by atoms with Gasteiger partial charge in [-0.3, -0.25) is 0 Å². The van der Waals surface area contributed by atoms with E-state index in [1.807, 2.05) is 0 Å². The molecule has 2 heteroatoms. The molecule has 0 aromatic carbocycles. The second kappa shape index (κ2) is 6.97. The maximum absolute atomic E-state index is 11.5. The monoisotopic (exact) mass is 150 g/mol. The van der Waals surface area contributed by atoms with Crippen LogP contribution < -0.4 is 0 Å². The summed E-state index contributed by atoms with van der Waals surface area (Å²) in [6.07, 6.45) is 3.13. The van der Waals surface area contributed by atoms with Crippen LogP contribution in [0.2, 0.25) is 0 Å². The Labute approximate surface area is 61.6 Å². The topological polar surface area (TPSA) is 0 Å². The Morgan fingerprint density at radius 3 is 2.10 bits per heavy atom. The molecule has 0 heterocycles. The molecule has 0 spiro atoms. The predicted octanol–water partition coefficient (Wildman–Crippen LogP) is 3.61. The van der Waals surface area contributed by atoms with Crippen LogP contribution >= 0.6 is 0 Å². The van der Waals surface area contributed by atoms with Crippen molar-refractivity contribution >= 4 is 0 Å². The second-order valence-electron chi connectivity index (χ2n) is 2.59. The van der Waals surface area contributed by atoms with Crippen LogP contribution in [0.1, 0.15) is 45.4 Å². The van der Waals surface area contributed by atoms with Gasteiger partial charge in [-0.2, -0.15) is 0 Å². The molecule has 0 nitrogen and oxygen atoms in total. The minimum absolute atomic E-state index is 0.0870. The maximum Gasteiger partial charge on any atom is 0.238 e. The maximum atomic E-state index is 11.5. The lowest BCUT2D eigenvalue weighted by Crippen LogP contribution is -1.89. The summed E-state index contributed by atoms with van der Waals surface area (Å²) in [5, 5.41) is 0. The third-order valence-corrected chi connectivity index (χ3v) is 1.53. The fourth-order valence-corrected chi connectivity index (χ4v) is 0.902. The highest BCUT2D eigenvalue weighted by molar-refractivity contribution is 4.44. The van der Waals surface area contributed by atoms with Crippen LogP contribution in [0.4, 0.5) is 8.78 Å². The van der Waals surface area contributed by atoms with Gasteiger partial charge in [-0.25, -0.2) is 8.78 Å². The summed E-state index contributed by atoms with van der Waals surface area (Å²) in [5.41, 5.74) is 0. The van der Waals surface area contributed by atoms with Gasteiger partial charge in [0.2, 0.25) is 6.43 Å². The SMILES string of the molecule is CCCCCCCC(F)F. The zero-order valence-corrected chi connectivity index (χ0v) is 6.58. The van der Waals surface area contributed by atoms with Crippen molar-refractivity contribution in [3.8, 4) is 0 Å². The number of unbranched alkanes of at least 4 members (excludes halogenated alkanes) is 4. The van der Waals surface area contributed by atoms with E-state index in [1.54, 1.807) is 0 Å². The van der Waals surface area contributed by atoms with Gasteiger partial charge >= 0.3 is 0 Å². The average molecular weight is 150 g/mol. The van der Waals surface area contributed by atoms with Crippen molar-refractivity contribution in [2.45, 2.75) is 51.9 Å². The Morgan fingerprint density at radius 1 is 1.00 bits per heavy atom. The molecule has 0 bridgehead atoms. The first-order chi connectivity index (χ1) is 4.77. The molecule has 0 rings (SSSR count). The van der Waals surface area contributed by atoms with Crippen LogP contribution in [0.15, 0.2) is 0 Å². The Kier molecular flexibility index (Phi) is 6.88. The minimum atomic E-state index is -2.10. The van der Waals surface area contributed by atoms with Gasteiger partial charge in [0.15, 0.2) is 0 Å².